The van der Waals surface area contributed by atoms with Gasteiger partial charge in [0.15, 0.2) is 11.3 Å². The van der Waals surface area contributed by atoms with Crippen LogP contribution in [0, 0.1) is 0 Å². The number of anilines is 1. The Morgan fingerprint density at radius 1 is 1.10 bits per heavy atom. The summed E-state index contributed by atoms with van der Waals surface area (Å²) in [6.45, 7) is 13.8. The van der Waals surface area contributed by atoms with E-state index in [0.29, 0.717) is 11.0 Å². The van der Waals surface area contributed by atoms with E-state index in [1.54, 1.807) is 4.68 Å². The molecule has 160 valence electrons. The van der Waals surface area contributed by atoms with Crippen LogP contribution in [-0.2, 0) is 29.8 Å². The molecule has 10 nitrogen and oxygen atoms in total. The number of aromatic nitrogens is 4. The molecule has 1 amide bonds. The molecule has 0 unspecified atom stereocenters. The number of ether oxygens (including phenoxy) is 3. The van der Waals surface area contributed by atoms with Gasteiger partial charge in [0.05, 0.1) is 16.6 Å². The van der Waals surface area contributed by atoms with Gasteiger partial charge < -0.3 is 19.5 Å². The molecule has 1 N–H and O–H groups in total. The Kier molecular flexibility index (Phi) is 6.71. The fraction of sp³-hybridized carbons (Fsp3) is 0.632. The van der Waals surface area contributed by atoms with Gasteiger partial charge in [0.25, 0.3) is 0 Å². The van der Waals surface area contributed by atoms with Crippen molar-refractivity contribution in [2.75, 3.05) is 5.32 Å². The van der Waals surface area contributed by atoms with Gasteiger partial charge in [0.1, 0.15) is 12.1 Å². The minimum absolute atomic E-state index is 0. The van der Waals surface area contributed by atoms with Crippen LogP contribution in [0.1, 0.15) is 67.1 Å². The van der Waals surface area contributed by atoms with Crippen molar-refractivity contribution >= 4 is 58.3 Å². The maximum absolute atomic E-state index is 12.0. The fourth-order valence-corrected chi connectivity index (χ4v) is 3.12. The van der Waals surface area contributed by atoms with Crippen LogP contribution in [-0.4, -0.2) is 72.4 Å². The zero-order chi connectivity index (χ0) is 21.8. The molecule has 1 saturated heterocycles. The van der Waals surface area contributed by atoms with Crippen LogP contribution in [0.4, 0.5) is 5.82 Å². The van der Waals surface area contributed by atoms with E-state index in [1.807, 2.05) is 41.5 Å². The number of fused-ring (bicyclic) bond motifs is 1. The van der Waals surface area contributed by atoms with Crippen molar-refractivity contribution in [3.05, 3.63) is 12.0 Å². The van der Waals surface area contributed by atoms with E-state index in [4.69, 9.17) is 14.2 Å². The number of amides is 1. The first-order valence-corrected chi connectivity index (χ1v) is 9.41. The molecule has 1 aliphatic rings. The van der Waals surface area contributed by atoms with E-state index in [0.717, 1.165) is 0 Å². The normalized spacial score (nSPS) is 18.8. The zero-order valence-corrected chi connectivity index (χ0v) is 18.0. The number of carbonyl (C=O) groups is 2. The number of nitrogens with zero attached hydrogens (tertiary/aromatic N) is 4. The van der Waals surface area contributed by atoms with Crippen LogP contribution in [0.5, 0.6) is 0 Å². The Balaban J connectivity index is 0.00000320. The number of rotatable bonds is 4. The molecular formula is C19H28N5NaO5. The second-order valence-corrected chi connectivity index (χ2v) is 8.36. The van der Waals surface area contributed by atoms with Gasteiger partial charge in [0.2, 0.25) is 5.91 Å². The topological polar surface area (TPSA) is 117 Å². The van der Waals surface area contributed by atoms with Crippen LogP contribution in [0.2, 0.25) is 0 Å². The SMILES string of the molecule is CC(=O)Nc1ncnc2c1c(C1(OC(C)=O)OC(C)(C)C(C)(C)O1)nn2C(C)C.[NaH]. The van der Waals surface area contributed by atoms with E-state index in [9.17, 15) is 9.59 Å². The summed E-state index contributed by atoms with van der Waals surface area (Å²) in [6, 6.07) is -0.0804. The summed E-state index contributed by atoms with van der Waals surface area (Å²) in [5.74, 6) is -2.62. The first-order valence-electron chi connectivity index (χ1n) is 9.41. The monoisotopic (exact) mass is 429 g/mol. The minimum atomic E-state index is -1.92. The molecule has 3 rings (SSSR count). The number of carbonyl (C=O) groups excluding carboxylic acids is 2. The van der Waals surface area contributed by atoms with Gasteiger partial charge in [-0.1, -0.05) is 0 Å². The number of hydrogen-bond acceptors (Lipinski definition) is 8. The molecule has 0 bridgehead atoms. The van der Waals surface area contributed by atoms with E-state index in [2.05, 4.69) is 20.4 Å². The van der Waals surface area contributed by atoms with Crippen LogP contribution < -0.4 is 5.32 Å². The van der Waals surface area contributed by atoms with E-state index < -0.39 is 23.1 Å². The Hall–Kier alpha value is -1.59. The zero-order valence-electron chi connectivity index (χ0n) is 18.0. The molecule has 0 atom stereocenters. The summed E-state index contributed by atoms with van der Waals surface area (Å²) in [7, 11) is 0. The molecule has 30 heavy (non-hydrogen) atoms. The summed E-state index contributed by atoms with van der Waals surface area (Å²) >= 11 is 0. The van der Waals surface area contributed by atoms with Crippen molar-refractivity contribution in [2.45, 2.75) is 78.6 Å². The second kappa shape index (κ2) is 8.16. The second-order valence-electron chi connectivity index (χ2n) is 8.36. The average molecular weight is 429 g/mol. The van der Waals surface area contributed by atoms with Gasteiger partial charge >= 0.3 is 41.5 Å². The van der Waals surface area contributed by atoms with Crippen molar-refractivity contribution in [1.82, 2.24) is 19.7 Å². The standard InChI is InChI=1S/C19H27N5O5.Na.H/c1-10(2)24-16-13(15(20-9-21-16)22-11(3)25)14(23-24)19(27-12(4)26)28-17(5,6)18(7,8)29-19;;/h9-10H,1-8H3,(H,20,21,22,25);;. The Morgan fingerprint density at radius 3 is 2.13 bits per heavy atom. The van der Waals surface area contributed by atoms with E-state index in [-0.39, 0.29) is 53.0 Å². The average Bonchev–Trinajstić information content (AvgIpc) is 3.01. The van der Waals surface area contributed by atoms with Gasteiger partial charge in [-0.25, -0.2) is 14.6 Å². The van der Waals surface area contributed by atoms with Crippen molar-refractivity contribution in [2.24, 2.45) is 0 Å². The van der Waals surface area contributed by atoms with E-state index in [1.165, 1.54) is 20.2 Å². The molecule has 1 fully saturated rings. The van der Waals surface area contributed by atoms with Gasteiger partial charge in [-0.2, -0.15) is 5.10 Å². The third-order valence-corrected chi connectivity index (χ3v) is 5.07. The molecule has 0 spiro atoms. The van der Waals surface area contributed by atoms with Crippen LogP contribution in [0.3, 0.4) is 0 Å². The molecule has 0 aromatic carbocycles. The Bertz CT molecular complexity index is 969. The molecule has 0 radical (unpaired) electrons. The molecule has 3 heterocycles. The maximum atomic E-state index is 12.0. The van der Waals surface area contributed by atoms with E-state index >= 15 is 0 Å². The third-order valence-electron chi connectivity index (χ3n) is 5.07. The van der Waals surface area contributed by atoms with Gasteiger partial charge in [0, 0.05) is 19.9 Å². The number of nitrogens with one attached hydrogen (secondary N) is 1. The Labute approximate surface area is 197 Å². The predicted octanol–water partition coefficient (Wildman–Crippen LogP) is 1.99. The van der Waals surface area contributed by atoms with Crippen LogP contribution >= 0.6 is 0 Å². The first-order chi connectivity index (χ1) is 13.3. The molecule has 0 aliphatic carbocycles. The fourth-order valence-electron chi connectivity index (χ4n) is 3.12. The van der Waals surface area contributed by atoms with Gasteiger partial charge in [-0.05, 0) is 41.5 Å². The number of esters is 1. The van der Waals surface area contributed by atoms with Crippen molar-refractivity contribution in [1.29, 1.82) is 0 Å². The summed E-state index contributed by atoms with van der Waals surface area (Å²) in [6.07, 6.45) is 1.33. The summed E-state index contributed by atoms with van der Waals surface area (Å²) < 4.78 is 19.6. The quantitative estimate of drug-likeness (QED) is 0.579. The molecule has 2 aromatic heterocycles. The van der Waals surface area contributed by atoms with Gasteiger partial charge in [-0.3, -0.25) is 9.59 Å². The van der Waals surface area contributed by atoms with Crippen molar-refractivity contribution < 1.29 is 23.8 Å². The summed E-state index contributed by atoms with van der Waals surface area (Å²) in [5, 5.41) is 7.69. The van der Waals surface area contributed by atoms with Crippen LogP contribution in [0.25, 0.3) is 11.0 Å². The summed E-state index contributed by atoms with van der Waals surface area (Å²) in [4.78, 5) is 32.3. The first kappa shape index (κ1) is 24.7. The number of hydrogen-bond donors (Lipinski definition) is 1. The van der Waals surface area contributed by atoms with Gasteiger partial charge in [-0.15, -0.1) is 0 Å². The summed E-state index contributed by atoms with van der Waals surface area (Å²) in [5.41, 5.74) is -1.02. The van der Waals surface area contributed by atoms with Crippen molar-refractivity contribution in [3.8, 4) is 0 Å². The Morgan fingerprint density at radius 2 is 1.67 bits per heavy atom. The molecule has 2 aromatic rings. The predicted molar refractivity (Wildman–Crippen MR) is 111 cm³/mol. The molecule has 11 heteroatoms. The molecule has 0 saturated carbocycles. The molecule has 1 aliphatic heterocycles. The van der Waals surface area contributed by atoms with Crippen molar-refractivity contribution in [3.63, 3.8) is 0 Å². The third kappa shape index (κ3) is 4.11. The van der Waals surface area contributed by atoms with Crippen LogP contribution in [0.15, 0.2) is 6.33 Å². The molecular weight excluding hydrogens is 401 g/mol.